The van der Waals surface area contributed by atoms with Gasteiger partial charge in [0.25, 0.3) is 5.91 Å². The van der Waals surface area contributed by atoms with Crippen molar-refractivity contribution in [1.29, 1.82) is 0 Å². The van der Waals surface area contributed by atoms with Gasteiger partial charge in [0.1, 0.15) is 0 Å². The summed E-state index contributed by atoms with van der Waals surface area (Å²) in [4.78, 5) is 12.7. The fourth-order valence-corrected chi connectivity index (χ4v) is 6.80. The molecule has 2 aliphatic rings. The number of nitrogens with zero attached hydrogens (tertiary/aromatic N) is 1. The second kappa shape index (κ2) is 9.43. The third-order valence-corrected chi connectivity index (χ3v) is 8.85. The van der Waals surface area contributed by atoms with Gasteiger partial charge < -0.3 is 5.32 Å². The van der Waals surface area contributed by atoms with Crippen molar-refractivity contribution >= 4 is 27.7 Å². The van der Waals surface area contributed by atoms with Crippen molar-refractivity contribution < 1.29 is 13.2 Å². The Labute approximate surface area is 167 Å². The third-order valence-electron chi connectivity index (χ3n) is 5.43. The first kappa shape index (κ1) is 20.7. The summed E-state index contributed by atoms with van der Waals surface area (Å²) in [5.74, 6) is 0.707. The van der Waals surface area contributed by atoms with Crippen molar-refractivity contribution in [2.45, 2.75) is 62.0 Å². The minimum atomic E-state index is -3.54. The number of carbonyl (C=O) groups is 1. The third kappa shape index (κ3) is 5.27. The van der Waals surface area contributed by atoms with Gasteiger partial charge in [-0.25, -0.2) is 8.42 Å². The van der Waals surface area contributed by atoms with Crippen LogP contribution < -0.4 is 5.32 Å². The molecule has 27 heavy (non-hydrogen) atoms. The predicted octanol–water partition coefficient (Wildman–Crippen LogP) is 3.58. The molecule has 2 fully saturated rings. The van der Waals surface area contributed by atoms with Crippen molar-refractivity contribution in [3.63, 3.8) is 0 Å². The van der Waals surface area contributed by atoms with Crippen LogP contribution in [-0.2, 0) is 10.0 Å². The van der Waals surface area contributed by atoms with Gasteiger partial charge in [0.15, 0.2) is 0 Å². The molecule has 1 N–H and O–H groups in total. The van der Waals surface area contributed by atoms with Crippen molar-refractivity contribution in [1.82, 2.24) is 9.62 Å². The fraction of sp³-hybridized carbons (Fsp3) is 0.650. The minimum absolute atomic E-state index is 0.197. The van der Waals surface area contributed by atoms with E-state index in [9.17, 15) is 13.2 Å². The predicted molar refractivity (Wildman–Crippen MR) is 111 cm³/mol. The van der Waals surface area contributed by atoms with Gasteiger partial charge in [0.2, 0.25) is 10.0 Å². The normalized spacial score (nSPS) is 19.3. The standard InChI is InChI=1S/C20H30N2O3S2/c1-16-9-10-17(20(23)21-11-14-26-18-7-3-4-8-18)15-19(16)27(24,25)22-12-5-2-6-13-22/h9-10,15,18H,2-8,11-14H2,1H3,(H,21,23). The van der Waals surface area contributed by atoms with Crippen molar-refractivity contribution in [3.8, 4) is 0 Å². The van der Waals surface area contributed by atoms with Crippen LogP contribution in [0, 0.1) is 6.92 Å². The summed E-state index contributed by atoms with van der Waals surface area (Å²) in [6.45, 7) is 3.53. The highest BCUT2D eigenvalue weighted by atomic mass is 32.2. The second-order valence-electron chi connectivity index (χ2n) is 7.48. The lowest BCUT2D eigenvalue weighted by Crippen LogP contribution is -2.36. The van der Waals surface area contributed by atoms with Gasteiger partial charge in [0.05, 0.1) is 4.90 Å². The molecule has 1 amide bonds. The first-order valence-electron chi connectivity index (χ1n) is 9.99. The van der Waals surface area contributed by atoms with Crippen LogP contribution in [0.25, 0.3) is 0 Å². The van der Waals surface area contributed by atoms with E-state index in [1.54, 1.807) is 29.4 Å². The van der Waals surface area contributed by atoms with Gasteiger partial charge in [-0.15, -0.1) is 0 Å². The number of nitrogens with one attached hydrogen (secondary N) is 1. The summed E-state index contributed by atoms with van der Waals surface area (Å²) in [5, 5.41) is 3.67. The Morgan fingerprint density at radius 2 is 1.85 bits per heavy atom. The molecule has 1 saturated carbocycles. The van der Waals surface area contributed by atoms with Crippen LogP contribution in [0.1, 0.15) is 60.9 Å². The van der Waals surface area contributed by atoms with Gasteiger partial charge in [-0.05, 0) is 50.3 Å². The molecular weight excluding hydrogens is 380 g/mol. The topological polar surface area (TPSA) is 66.5 Å². The van der Waals surface area contributed by atoms with Gasteiger partial charge >= 0.3 is 0 Å². The maximum atomic E-state index is 13.0. The summed E-state index contributed by atoms with van der Waals surface area (Å²) >= 11 is 1.93. The minimum Gasteiger partial charge on any atom is -0.351 e. The molecule has 0 radical (unpaired) electrons. The number of amides is 1. The lowest BCUT2D eigenvalue weighted by molar-refractivity contribution is 0.0956. The Kier molecular flexibility index (Phi) is 7.22. The van der Waals surface area contributed by atoms with Crippen LogP contribution in [0.2, 0.25) is 0 Å². The monoisotopic (exact) mass is 410 g/mol. The molecule has 0 bridgehead atoms. The molecule has 0 atom stereocenters. The van der Waals surface area contributed by atoms with E-state index >= 15 is 0 Å². The molecule has 1 aliphatic heterocycles. The number of aryl methyl sites for hydroxylation is 1. The van der Waals surface area contributed by atoms with E-state index in [0.717, 1.165) is 30.3 Å². The second-order valence-corrected chi connectivity index (χ2v) is 10.8. The molecule has 1 aliphatic carbocycles. The molecule has 3 rings (SSSR count). The van der Waals surface area contributed by atoms with Crippen molar-refractivity contribution in [3.05, 3.63) is 29.3 Å². The summed E-state index contributed by atoms with van der Waals surface area (Å²) in [7, 11) is -3.54. The molecule has 0 unspecified atom stereocenters. The first-order chi connectivity index (χ1) is 13.0. The van der Waals surface area contributed by atoms with E-state index in [-0.39, 0.29) is 10.8 Å². The number of thioether (sulfide) groups is 1. The van der Waals surface area contributed by atoms with Gasteiger partial charge in [-0.2, -0.15) is 16.1 Å². The number of piperidine rings is 1. The Bertz CT molecular complexity index is 752. The zero-order valence-electron chi connectivity index (χ0n) is 16.1. The van der Waals surface area contributed by atoms with Crippen LogP contribution in [0.4, 0.5) is 0 Å². The molecule has 0 aromatic heterocycles. The quantitative estimate of drug-likeness (QED) is 0.698. The average molecular weight is 411 g/mol. The largest absolute Gasteiger partial charge is 0.351 e. The fourth-order valence-electron chi connectivity index (χ4n) is 3.81. The maximum Gasteiger partial charge on any atom is 0.251 e. The highest BCUT2D eigenvalue weighted by Gasteiger charge is 2.28. The number of hydrogen-bond donors (Lipinski definition) is 1. The van der Waals surface area contributed by atoms with Gasteiger partial charge in [0, 0.05) is 36.2 Å². The SMILES string of the molecule is Cc1ccc(C(=O)NCCSC2CCCC2)cc1S(=O)(=O)N1CCCCC1. The van der Waals surface area contributed by atoms with Crippen molar-refractivity contribution in [2.75, 3.05) is 25.4 Å². The Balaban J connectivity index is 1.62. The summed E-state index contributed by atoms with van der Waals surface area (Å²) < 4.78 is 27.5. The maximum absolute atomic E-state index is 13.0. The summed E-state index contributed by atoms with van der Waals surface area (Å²) in [6.07, 6.45) is 8.09. The number of hydrogen-bond acceptors (Lipinski definition) is 4. The molecule has 1 saturated heterocycles. The van der Waals surface area contributed by atoms with Crippen LogP contribution >= 0.6 is 11.8 Å². The van der Waals surface area contributed by atoms with E-state index in [0.29, 0.717) is 30.8 Å². The number of rotatable bonds is 7. The van der Waals surface area contributed by atoms with Gasteiger partial charge in [-0.1, -0.05) is 25.3 Å². The zero-order chi connectivity index (χ0) is 19.3. The lowest BCUT2D eigenvalue weighted by Gasteiger charge is -2.26. The molecule has 0 spiro atoms. The van der Waals surface area contributed by atoms with Crippen LogP contribution in [0.15, 0.2) is 23.1 Å². The molecule has 1 heterocycles. The molecule has 5 nitrogen and oxygen atoms in total. The Morgan fingerprint density at radius 3 is 2.56 bits per heavy atom. The van der Waals surface area contributed by atoms with E-state index in [1.807, 2.05) is 11.8 Å². The van der Waals surface area contributed by atoms with Crippen LogP contribution in [-0.4, -0.2) is 49.3 Å². The smallest absolute Gasteiger partial charge is 0.251 e. The summed E-state index contributed by atoms with van der Waals surface area (Å²) in [5.41, 5.74) is 1.11. The van der Waals surface area contributed by atoms with E-state index in [2.05, 4.69) is 5.32 Å². The van der Waals surface area contributed by atoms with E-state index in [1.165, 1.54) is 25.7 Å². The highest BCUT2D eigenvalue weighted by molar-refractivity contribution is 7.99. The summed E-state index contributed by atoms with van der Waals surface area (Å²) in [6, 6.07) is 4.99. The van der Waals surface area contributed by atoms with E-state index in [4.69, 9.17) is 0 Å². The van der Waals surface area contributed by atoms with E-state index < -0.39 is 10.0 Å². The Morgan fingerprint density at radius 1 is 1.15 bits per heavy atom. The molecule has 150 valence electrons. The number of benzene rings is 1. The lowest BCUT2D eigenvalue weighted by atomic mass is 10.1. The number of carbonyl (C=O) groups excluding carboxylic acids is 1. The molecule has 1 aromatic rings. The zero-order valence-corrected chi connectivity index (χ0v) is 17.7. The molecular formula is C20H30N2O3S2. The Hall–Kier alpha value is -1.05. The molecule has 1 aromatic carbocycles. The van der Waals surface area contributed by atoms with Crippen molar-refractivity contribution in [2.24, 2.45) is 0 Å². The van der Waals surface area contributed by atoms with Gasteiger partial charge in [-0.3, -0.25) is 4.79 Å². The number of sulfonamides is 1. The van der Waals surface area contributed by atoms with Crippen LogP contribution in [0.3, 0.4) is 0 Å². The van der Waals surface area contributed by atoms with Crippen LogP contribution in [0.5, 0.6) is 0 Å². The highest BCUT2D eigenvalue weighted by Crippen LogP contribution is 2.29. The average Bonchev–Trinajstić information content (AvgIpc) is 3.19. The first-order valence-corrected chi connectivity index (χ1v) is 12.5. The molecule has 7 heteroatoms.